The molecule has 4 aliphatic rings. The quantitative estimate of drug-likeness (QED) is 0.439. The number of carbonyl (C=O) groups is 3. The van der Waals surface area contributed by atoms with Crippen LogP contribution in [-0.2, 0) is 20.5 Å². The molecular formula is C26H32ClF3N4O6. The summed E-state index contributed by atoms with van der Waals surface area (Å²) in [6.07, 6.45) is -2.28. The van der Waals surface area contributed by atoms with E-state index in [9.17, 15) is 37.8 Å². The minimum atomic E-state index is -4.64. The van der Waals surface area contributed by atoms with Gasteiger partial charge in [-0.05, 0) is 56.2 Å². The number of epoxide rings is 1. The Bertz CT molecular complexity index is 1190. The lowest BCUT2D eigenvalue weighted by Crippen LogP contribution is -2.63. The fourth-order valence-corrected chi connectivity index (χ4v) is 6.08. The van der Waals surface area contributed by atoms with Crippen molar-refractivity contribution in [3.8, 4) is 0 Å². The summed E-state index contributed by atoms with van der Waals surface area (Å²) >= 11 is 5.74. The van der Waals surface area contributed by atoms with E-state index in [1.807, 2.05) is 0 Å². The van der Waals surface area contributed by atoms with Gasteiger partial charge in [0, 0.05) is 38.3 Å². The van der Waals surface area contributed by atoms with Crippen molar-refractivity contribution >= 4 is 35.1 Å². The van der Waals surface area contributed by atoms with E-state index in [0.717, 1.165) is 37.5 Å². The Morgan fingerprint density at radius 1 is 1.23 bits per heavy atom. The number of piperidine rings is 1. The van der Waals surface area contributed by atoms with Gasteiger partial charge in [0.05, 0.1) is 22.7 Å². The lowest BCUT2D eigenvalue weighted by Gasteiger charge is -2.43. The fraction of sp³-hybridized carbons (Fsp3) is 0.654. The van der Waals surface area contributed by atoms with Gasteiger partial charge in [-0.2, -0.15) is 13.2 Å². The van der Waals surface area contributed by atoms with Gasteiger partial charge in [-0.3, -0.25) is 9.59 Å². The molecule has 0 bridgehead atoms. The number of nitrogens with zero attached hydrogens (tertiary/aromatic N) is 3. The maximum Gasteiger partial charge on any atom is 0.417 e. The van der Waals surface area contributed by atoms with Crippen LogP contribution in [0.2, 0.25) is 5.02 Å². The zero-order chi connectivity index (χ0) is 29.0. The van der Waals surface area contributed by atoms with Crippen molar-refractivity contribution in [3.63, 3.8) is 0 Å². The number of rotatable bonds is 6. The number of benzene rings is 1. The average Bonchev–Trinajstić information content (AvgIpc) is 3.81. The highest BCUT2D eigenvalue weighted by atomic mass is 35.5. The molecule has 10 nitrogen and oxygen atoms in total. The molecule has 3 saturated heterocycles. The number of amides is 4. The summed E-state index contributed by atoms with van der Waals surface area (Å²) in [5.74, 6) is -2.22. The molecule has 3 heterocycles. The van der Waals surface area contributed by atoms with Crippen LogP contribution in [0.15, 0.2) is 18.2 Å². The Morgan fingerprint density at radius 2 is 1.93 bits per heavy atom. The van der Waals surface area contributed by atoms with Gasteiger partial charge in [0.2, 0.25) is 17.6 Å². The van der Waals surface area contributed by atoms with E-state index >= 15 is 0 Å². The van der Waals surface area contributed by atoms with Crippen molar-refractivity contribution in [1.82, 2.24) is 14.7 Å². The number of piperazine rings is 1. The highest BCUT2D eigenvalue weighted by molar-refractivity contribution is 6.31. The molecule has 5 rings (SSSR count). The van der Waals surface area contributed by atoms with Gasteiger partial charge in [0.15, 0.2) is 0 Å². The molecule has 1 saturated carbocycles. The Labute approximate surface area is 234 Å². The SMILES string of the molecule is CC1C(=O)N(C(CCC(=O)N2CCC3(CC3)C(O)C2)C2(O)CO2)CCN1C(=O)Nc1ccc(C(F)(F)F)c(Cl)c1. The zero-order valence-electron chi connectivity index (χ0n) is 21.9. The van der Waals surface area contributed by atoms with Crippen molar-refractivity contribution in [2.75, 3.05) is 38.1 Å². The van der Waals surface area contributed by atoms with E-state index in [1.54, 1.807) is 4.90 Å². The molecule has 4 unspecified atom stereocenters. The van der Waals surface area contributed by atoms with Crippen LogP contribution in [-0.4, -0.2) is 99.5 Å². The molecule has 4 fully saturated rings. The first kappa shape index (κ1) is 28.9. The number of anilines is 1. The third-order valence-corrected chi connectivity index (χ3v) is 8.98. The molecule has 3 N–H and O–H groups in total. The molecule has 4 amide bonds. The van der Waals surface area contributed by atoms with Gasteiger partial charge in [-0.1, -0.05) is 11.6 Å². The normalized spacial score (nSPS) is 28.5. The second-order valence-corrected chi connectivity index (χ2v) is 11.6. The number of alkyl halides is 3. The number of carbonyl (C=O) groups excluding carboxylic acids is 3. The van der Waals surface area contributed by atoms with Crippen LogP contribution in [0.3, 0.4) is 0 Å². The number of aliphatic hydroxyl groups excluding tert-OH is 1. The zero-order valence-corrected chi connectivity index (χ0v) is 22.7. The molecular weight excluding hydrogens is 557 g/mol. The first-order valence-corrected chi connectivity index (χ1v) is 13.7. The lowest BCUT2D eigenvalue weighted by molar-refractivity contribution is -0.151. The van der Waals surface area contributed by atoms with E-state index in [0.29, 0.717) is 6.54 Å². The van der Waals surface area contributed by atoms with Gasteiger partial charge < -0.3 is 35.0 Å². The van der Waals surface area contributed by atoms with Gasteiger partial charge >= 0.3 is 12.2 Å². The lowest BCUT2D eigenvalue weighted by atomic mass is 9.90. The summed E-state index contributed by atoms with van der Waals surface area (Å²) in [5.41, 5.74) is -1.03. The third-order valence-electron chi connectivity index (χ3n) is 8.67. The molecule has 1 aromatic carbocycles. The third kappa shape index (κ3) is 5.61. The molecule has 0 radical (unpaired) electrons. The monoisotopic (exact) mass is 588 g/mol. The molecule has 3 aliphatic heterocycles. The molecule has 40 heavy (non-hydrogen) atoms. The second-order valence-electron chi connectivity index (χ2n) is 11.2. The summed E-state index contributed by atoms with van der Waals surface area (Å²) in [6, 6.07) is 0.377. The van der Waals surface area contributed by atoms with Crippen molar-refractivity contribution in [1.29, 1.82) is 0 Å². The molecule has 0 aromatic heterocycles. The summed E-state index contributed by atoms with van der Waals surface area (Å²) in [7, 11) is 0. The van der Waals surface area contributed by atoms with Crippen LogP contribution in [0.4, 0.5) is 23.7 Å². The minimum absolute atomic E-state index is 0.00778. The predicted octanol–water partition coefficient (Wildman–Crippen LogP) is 2.66. The number of hydrogen-bond donors (Lipinski definition) is 3. The minimum Gasteiger partial charge on any atom is -0.391 e. The number of aliphatic hydroxyl groups is 2. The number of nitrogens with one attached hydrogen (secondary N) is 1. The standard InChI is InChI=1S/C26H32ClF3N4O6/c1-15-22(37)34(11-10-33(15)23(38)31-16-2-3-17(18(27)12-16)26(28,29)30)19(25(39)14-40-25)4-5-21(36)32-9-8-24(6-7-24)20(35)13-32/h2-3,12,15,19-20,35,39H,4-11,13-14H2,1H3,(H,31,38). The summed E-state index contributed by atoms with van der Waals surface area (Å²) < 4.78 is 44.2. The number of likely N-dealkylation sites (tertiary alicyclic amines) is 1. The first-order chi connectivity index (χ1) is 18.7. The topological polar surface area (TPSA) is 126 Å². The van der Waals surface area contributed by atoms with E-state index in [1.165, 1.54) is 16.7 Å². The molecule has 1 aliphatic carbocycles. The summed E-state index contributed by atoms with van der Waals surface area (Å²) in [4.78, 5) is 43.5. The van der Waals surface area contributed by atoms with E-state index in [4.69, 9.17) is 16.3 Å². The van der Waals surface area contributed by atoms with Crippen molar-refractivity contribution in [3.05, 3.63) is 28.8 Å². The van der Waals surface area contributed by atoms with Crippen LogP contribution in [0, 0.1) is 5.41 Å². The Balaban J connectivity index is 1.19. The molecule has 1 spiro atoms. The molecule has 1 aromatic rings. The summed E-state index contributed by atoms with van der Waals surface area (Å²) in [6.45, 7) is 2.49. The smallest absolute Gasteiger partial charge is 0.391 e. The average molecular weight is 589 g/mol. The van der Waals surface area contributed by atoms with Crippen LogP contribution in [0.25, 0.3) is 0 Å². The highest BCUT2D eigenvalue weighted by Gasteiger charge is 2.56. The largest absolute Gasteiger partial charge is 0.417 e. The molecule has 14 heteroatoms. The van der Waals surface area contributed by atoms with Gasteiger partial charge in [-0.15, -0.1) is 0 Å². The van der Waals surface area contributed by atoms with E-state index < -0.39 is 52.7 Å². The number of hydrogen-bond acceptors (Lipinski definition) is 6. The van der Waals surface area contributed by atoms with Crippen molar-refractivity contribution in [2.45, 2.75) is 69.2 Å². The highest BCUT2D eigenvalue weighted by Crippen LogP contribution is 2.53. The van der Waals surface area contributed by atoms with Crippen LogP contribution < -0.4 is 5.32 Å². The van der Waals surface area contributed by atoms with E-state index in [2.05, 4.69) is 5.32 Å². The van der Waals surface area contributed by atoms with Gasteiger partial charge in [-0.25, -0.2) is 4.79 Å². The van der Waals surface area contributed by atoms with Crippen LogP contribution in [0.1, 0.15) is 44.6 Å². The Hall–Kier alpha value is -2.61. The first-order valence-electron chi connectivity index (χ1n) is 13.3. The second kappa shape index (κ2) is 10.3. The maximum absolute atomic E-state index is 13.3. The van der Waals surface area contributed by atoms with Crippen molar-refractivity contribution < 1.29 is 42.5 Å². The molecule has 4 atom stereocenters. The van der Waals surface area contributed by atoms with E-state index in [-0.39, 0.29) is 56.1 Å². The Morgan fingerprint density at radius 3 is 2.50 bits per heavy atom. The van der Waals surface area contributed by atoms with Crippen LogP contribution in [0.5, 0.6) is 0 Å². The number of ether oxygens (including phenoxy) is 1. The Kier molecular flexibility index (Phi) is 7.47. The van der Waals surface area contributed by atoms with Gasteiger partial charge in [0.1, 0.15) is 12.6 Å². The molecule has 220 valence electrons. The fourth-order valence-electron chi connectivity index (χ4n) is 5.80. The van der Waals surface area contributed by atoms with Gasteiger partial charge in [0.25, 0.3) is 0 Å². The van der Waals surface area contributed by atoms with Crippen molar-refractivity contribution in [2.24, 2.45) is 5.41 Å². The predicted molar refractivity (Wildman–Crippen MR) is 136 cm³/mol. The van der Waals surface area contributed by atoms with Crippen LogP contribution >= 0.6 is 11.6 Å². The number of halogens is 4. The summed E-state index contributed by atoms with van der Waals surface area (Å²) in [5, 5.41) is 23.1. The number of β-amino-alcohol motifs (C(OH)–C–C–N with tert-alkyl or cyclic N) is 1. The number of urea groups is 1. The maximum atomic E-state index is 13.3.